The summed E-state index contributed by atoms with van der Waals surface area (Å²) < 4.78 is 49.2. The van der Waals surface area contributed by atoms with Crippen LogP contribution in [0.2, 0.25) is 0 Å². The van der Waals surface area contributed by atoms with Gasteiger partial charge in [-0.2, -0.15) is 13.2 Å². The molecule has 0 bridgehead atoms. The van der Waals surface area contributed by atoms with Crippen molar-refractivity contribution in [2.45, 2.75) is 13.1 Å². The Kier molecular flexibility index (Phi) is 9.26. The standard InChI is InChI=1S/C31H27F3N4O5S/c1-2-43-30(41)25-26(35-23-12-8-20(9-13-23)29(40)38-14-16-42-17-15-38)37-28(44-25)21-4-3-5-24(18-21)36-27(39)19-6-10-22(11-7-19)31(32,33)34/h3-13,18,35H,2,14-17H2,1H3,(H,36,39). The molecule has 0 unspecified atom stereocenters. The summed E-state index contributed by atoms with van der Waals surface area (Å²) in [7, 11) is 0. The third-order valence-electron chi connectivity index (χ3n) is 6.62. The summed E-state index contributed by atoms with van der Waals surface area (Å²) in [6, 6.07) is 17.4. The number of nitrogens with zero attached hydrogens (tertiary/aromatic N) is 2. The molecule has 5 rings (SSSR count). The molecule has 0 radical (unpaired) electrons. The van der Waals surface area contributed by atoms with E-state index in [0.717, 1.165) is 35.6 Å². The van der Waals surface area contributed by atoms with Gasteiger partial charge in [0, 0.05) is 41.2 Å². The second kappa shape index (κ2) is 13.3. The number of hydrogen-bond acceptors (Lipinski definition) is 8. The zero-order valence-corrected chi connectivity index (χ0v) is 24.3. The summed E-state index contributed by atoms with van der Waals surface area (Å²) in [5, 5.41) is 6.27. The number of thiazole rings is 1. The molecule has 0 aliphatic carbocycles. The van der Waals surface area contributed by atoms with Crippen molar-refractivity contribution in [1.29, 1.82) is 0 Å². The molecule has 1 fully saturated rings. The van der Waals surface area contributed by atoms with Crippen molar-refractivity contribution in [3.8, 4) is 10.6 Å². The van der Waals surface area contributed by atoms with Crippen molar-refractivity contribution in [3.05, 3.63) is 94.4 Å². The van der Waals surface area contributed by atoms with Crippen molar-refractivity contribution in [2.75, 3.05) is 43.5 Å². The number of nitrogens with one attached hydrogen (secondary N) is 2. The van der Waals surface area contributed by atoms with Crippen LogP contribution in [0, 0.1) is 0 Å². The molecule has 0 saturated carbocycles. The number of halogens is 3. The monoisotopic (exact) mass is 624 g/mol. The molecule has 13 heteroatoms. The number of morpholine rings is 1. The number of rotatable bonds is 8. The molecule has 1 aliphatic heterocycles. The van der Waals surface area contributed by atoms with Crippen LogP contribution < -0.4 is 10.6 Å². The van der Waals surface area contributed by atoms with Gasteiger partial charge in [0.1, 0.15) is 5.01 Å². The fraction of sp³-hybridized carbons (Fsp3) is 0.226. The van der Waals surface area contributed by atoms with Crippen LogP contribution in [0.25, 0.3) is 10.6 Å². The van der Waals surface area contributed by atoms with Crippen LogP contribution in [0.5, 0.6) is 0 Å². The molecular weight excluding hydrogens is 597 g/mol. The summed E-state index contributed by atoms with van der Waals surface area (Å²) in [5.74, 6) is -0.979. The van der Waals surface area contributed by atoms with Crippen molar-refractivity contribution >= 4 is 46.3 Å². The van der Waals surface area contributed by atoms with Crippen LogP contribution in [0.15, 0.2) is 72.8 Å². The van der Waals surface area contributed by atoms with Crippen molar-refractivity contribution in [3.63, 3.8) is 0 Å². The Labute approximate surface area is 254 Å². The number of carbonyl (C=O) groups excluding carboxylic acids is 3. The lowest BCUT2D eigenvalue weighted by Gasteiger charge is -2.26. The minimum Gasteiger partial charge on any atom is -0.462 e. The summed E-state index contributed by atoms with van der Waals surface area (Å²) in [5.41, 5.74) is 1.31. The smallest absolute Gasteiger partial charge is 0.416 e. The Morgan fingerprint density at radius 2 is 1.64 bits per heavy atom. The molecule has 2 amide bonds. The van der Waals surface area contributed by atoms with Crippen LogP contribution in [0.4, 0.5) is 30.4 Å². The quantitative estimate of drug-likeness (QED) is 0.216. The van der Waals surface area contributed by atoms with Crippen LogP contribution in [0.3, 0.4) is 0 Å². The number of hydrogen-bond donors (Lipinski definition) is 2. The van der Waals surface area contributed by atoms with Gasteiger partial charge in [0.15, 0.2) is 10.7 Å². The second-order valence-corrected chi connectivity index (χ2v) is 10.6. The number of alkyl halides is 3. The third kappa shape index (κ3) is 7.24. The summed E-state index contributed by atoms with van der Waals surface area (Å²) in [6.07, 6.45) is -4.50. The van der Waals surface area contributed by atoms with Crippen molar-refractivity contribution in [2.24, 2.45) is 0 Å². The SMILES string of the molecule is CCOC(=O)c1sc(-c2cccc(NC(=O)c3ccc(C(F)(F)F)cc3)c2)nc1Nc1ccc(C(=O)N2CCOCC2)cc1. The van der Waals surface area contributed by atoms with Crippen molar-refractivity contribution in [1.82, 2.24) is 9.88 Å². The van der Waals surface area contributed by atoms with Crippen LogP contribution >= 0.6 is 11.3 Å². The van der Waals surface area contributed by atoms with Gasteiger partial charge < -0.3 is 25.0 Å². The highest BCUT2D eigenvalue weighted by atomic mass is 32.1. The number of carbonyl (C=O) groups is 3. The van der Waals surface area contributed by atoms with E-state index < -0.39 is 23.6 Å². The van der Waals surface area contributed by atoms with Crippen LogP contribution in [-0.4, -0.2) is 60.6 Å². The first-order chi connectivity index (χ1) is 21.1. The lowest BCUT2D eigenvalue weighted by Crippen LogP contribution is -2.40. The lowest BCUT2D eigenvalue weighted by atomic mass is 10.1. The van der Waals surface area contributed by atoms with E-state index in [9.17, 15) is 27.6 Å². The van der Waals surface area contributed by atoms with E-state index >= 15 is 0 Å². The second-order valence-electron chi connectivity index (χ2n) is 9.63. The molecule has 9 nitrogen and oxygen atoms in total. The first kappa shape index (κ1) is 30.7. The number of ether oxygens (including phenoxy) is 2. The van der Waals surface area contributed by atoms with Gasteiger partial charge in [-0.3, -0.25) is 9.59 Å². The van der Waals surface area contributed by atoms with E-state index in [1.807, 2.05) is 0 Å². The van der Waals surface area contributed by atoms with E-state index in [2.05, 4.69) is 15.6 Å². The first-order valence-electron chi connectivity index (χ1n) is 13.6. The molecule has 2 N–H and O–H groups in total. The molecular formula is C31H27F3N4O5S. The summed E-state index contributed by atoms with van der Waals surface area (Å²) in [4.78, 5) is 44.9. The van der Waals surface area contributed by atoms with Gasteiger partial charge in [-0.05, 0) is 67.6 Å². The molecule has 0 spiro atoms. The fourth-order valence-corrected chi connectivity index (χ4v) is 5.30. The third-order valence-corrected chi connectivity index (χ3v) is 7.71. The Morgan fingerprint density at radius 1 is 0.955 bits per heavy atom. The zero-order chi connectivity index (χ0) is 31.3. The average Bonchev–Trinajstić information content (AvgIpc) is 3.45. The van der Waals surface area contributed by atoms with Gasteiger partial charge in [-0.15, -0.1) is 11.3 Å². The molecule has 1 aromatic heterocycles. The molecule has 3 aromatic carbocycles. The van der Waals surface area contributed by atoms with Crippen LogP contribution in [0.1, 0.15) is 42.9 Å². The number of aromatic nitrogens is 1. The predicted molar refractivity (Wildman–Crippen MR) is 159 cm³/mol. The van der Waals surface area contributed by atoms with E-state index in [0.29, 0.717) is 53.8 Å². The summed E-state index contributed by atoms with van der Waals surface area (Å²) in [6.45, 7) is 3.92. The average molecular weight is 625 g/mol. The molecule has 2 heterocycles. The highest BCUT2D eigenvalue weighted by molar-refractivity contribution is 7.17. The van der Waals surface area contributed by atoms with E-state index in [4.69, 9.17) is 9.47 Å². The minimum atomic E-state index is -4.50. The molecule has 44 heavy (non-hydrogen) atoms. The Hall–Kier alpha value is -4.75. The maximum absolute atomic E-state index is 12.9. The number of benzene rings is 3. The Morgan fingerprint density at radius 3 is 2.30 bits per heavy atom. The molecule has 228 valence electrons. The van der Waals surface area contributed by atoms with Gasteiger partial charge in [0.2, 0.25) is 0 Å². The Balaban J connectivity index is 1.34. The lowest BCUT2D eigenvalue weighted by molar-refractivity contribution is -0.137. The first-order valence-corrected chi connectivity index (χ1v) is 14.4. The largest absolute Gasteiger partial charge is 0.462 e. The van der Waals surface area contributed by atoms with Gasteiger partial charge in [-0.25, -0.2) is 9.78 Å². The normalized spacial score (nSPS) is 13.3. The van der Waals surface area contributed by atoms with Gasteiger partial charge >= 0.3 is 12.1 Å². The molecule has 4 aromatic rings. The summed E-state index contributed by atoms with van der Waals surface area (Å²) >= 11 is 1.09. The minimum absolute atomic E-state index is 0.0615. The number of anilines is 3. The predicted octanol–water partition coefficient (Wildman–Crippen LogP) is 6.47. The highest BCUT2D eigenvalue weighted by Gasteiger charge is 2.30. The number of amides is 2. The molecule has 0 atom stereocenters. The fourth-order valence-electron chi connectivity index (χ4n) is 4.39. The van der Waals surface area contributed by atoms with Gasteiger partial charge in [0.25, 0.3) is 11.8 Å². The van der Waals surface area contributed by atoms with Gasteiger partial charge in [0.05, 0.1) is 25.4 Å². The van der Waals surface area contributed by atoms with Crippen LogP contribution in [-0.2, 0) is 15.7 Å². The molecule has 1 saturated heterocycles. The Bertz CT molecular complexity index is 1650. The number of esters is 1. The maximum atomic E-state index is 12.9. The van der Waals surface area contributed by atoms with E-state index in [-0.39, 0.29) is 28.8 Å². The van der Waals surface area contributed by atoms with Crippen molar-refractivity contribution < 1.29 is 37.0 Å². The van der Waals surface area contributed by atoms with Gasteiger partial charge in [-0.1, -0.05) is 12.1 Å². The maximum Gasteiger partial charge on any atom is 0.416 e. The topological polar surface area (TPSA) is 110 Å². The van der Waals surface area contributed by atoms with E-state index in [1.165, 1.54) is 0 Å². The highest BCUT2D eigenvalue weighted by Crippen LogP contribution is 2.35. The zero-order valence-electron chi connectivity index (χ0n) is 23.4. The van der Waals surface area contributed by atoms with E-state index in [1.54, 1.807) is 60.4 Å². The molecule has 1 aliphatic rings.